The second-order valence-corrected chi connectivity index (χ2v) is 5.43. The van der Waals surface area contributed by atoms with Gasteiger partial charge in [-0.15, -0.1) is 0 Å². The summed E-state index contributed by atoms with van der Waals surface area (Å²) in [6, 6.07) is 0. The van der Waals surface area contributed by atoms with Gasteiger partial charge in [0, 0.05) is 13.2 Å². The van der Waals surface area contributed by atoms with E-state index < -0.39 is 0 Å². The number of nitrogens with two attached hydrogens (primary N) is 1. The number of H-pyrrole nitrogens is 1. The Bertz CT molecular complexity index is 423. The molecule has 1 rings (SSSR count). The lowest BCUT2D eigenvalue weighted by Crippen LogP contribution is -2.30. The summed E-state index contributed by atoms with van der Waals surface area (Å²) in [6.07, 6.45) is 2.71. The van der Waals surface area contributed by atoms with E-state index in [0.29, 0.717) is 24.6 Å². The van der Waals surface area contributed by atoms with E-state index >= 15 is 0 Å². The van der Waals surface area contributed by atoms with Crippen LogP contribution in [0.1, 0.15) is 62.1 Å². The number of hydrogen-bond donors (Lipinski definition) is 4. The van der Waals surface area contributed by atoms with Crippen molar-refractivity contribution in [3.05, 3.63) is 11.4 Å². The molecular weight excluding hydrogens is 256 g/mol. The maximum atomic E-state index is 12.1. The average molecular weight is 282 g/mol. The van der Waals surface area contributed by atoms with Crippen LogP contribution in [0.15, 0.2) is 0 Å². The molecule has 0 bridgehead atoms. The predicted molar refractivity (Wildman–Crippen MR) is 79.5 cm³/mol. The van der Waals surface area contributed by atoms with Crippen molar-refractivity contribution >= 4 is 11.6 Å². The van der Waals surface area contributed by atoms with Crippen LogP contribution < -0.4 is 11.1 Å². The van der Waals surface area contributed by atoms with E-state index in [1.807, 2.05) is 13.8 Å². The van der Waals surface area contributed by atoms with E-state index in [1.165, 1.54) is 0 Å². The Hall–Kier alpha value is -1.56. The Morgan fingerprint density at radius 3 is 2.65 bits per heavy atom. The molecule has 114 valence electrons. The fraction of sp³-hybridized carbons (Fsp3) is 0.714. The Kier molecular flexibility index (Phi) is 6.51. The van der Waals surface area contributed by atoms with Crippen molar-refractivity contribution in [3.8, 4) is 0 Å². The van der Waals surface area contributed by atoms with Crippen LogP contribution in [-0.4, -0.2) is 34.4 Å². The SMILES string of the molecule is CCCC(CCO)CNC(=O)c1n[nH]c(C(C)C)c1N. The molecule has 1 aromatic rings. The summed E-state index contributed by atoms with van der Waals surface area (Å²) in [6.45, 7) is 6.75. The van der Waals surface area contributed by atoms with Crippen molar-refractivity contribution in [1.29, 1.82) is 0 Å². The Labute approximate surface area is 120 Å². The number of nitrogens with one attached hydrogen (secondary N) is 2. The van der Waals surface area contributed by atoms with Gasteiger partial charge in [-0.3, -0.25) is 9.89 Å². The van der Waals surface area contributed by atoms with Crippen LogP contribution in [0.2, 0.25) is 0 Å². The molecule has 0 saturated carbocycles. The van der Waals surface area contributed by atoms with Crippen LogP contribution in [0.3, 0.4) is 0 Å². The summed E-state index contributed by atoms with van der Waals surface area (Å²) < 4.78 is 0. The third kappa shape index (κ3) is 4.23. The van der Waals surface area contributed by atoms with E-state index in [4.69, 9.17) is 10.8 Å². The minimum absolute atomic E-state index is 0.141. The van der Waals surface area contributed by atoms with Crippen LogP contribution >= 0.6 is 0 Å². The largest absolute Gasteiger partial charge is 0.396 e. The molecule has 1 unspecified atom stereocenters. The lowest BCUT2D eigenvalue weighted by molar-refractivity contribution is 0.0938. The Balaban J connectivity index is 2.62. The van der Waals surface area contributed by atoms with Gasteiger partial charge in [0.25, 0.3) is 5.91 Å². The van der Waals surface area contributed by atoms with Crippen LogP contribution in [0.4, 0.5) is 5.69 Å². The number of aromatic nitrogens is 2. The van der Waals surface area contributed by atoms with Crippen molar-refractivity contribution in [3.63, 3.8) is 0 Å². The number of aliphatic hydroxyl groups excluding tert-OH is 1. The summed E-state index contributed by atoms with van der Waals surface area (Å²) in [5.74, 6) is 0.231. The van der Waals surface area contributed by atoms with Crippen LogP contribution in [-0.2, 0) is 0 Å². The molecule has 0 aromatic carbocycles. The molecule has 6 nitrogen and oxygen atoms in total. The normalized spacial score (nSPS) is 12.7. The minimum Gasteiger partial charge on any atom is -0.396 e. The van der Waals surface area contributed by atoms with Gasteiger partial charge < -0.3 is 16.2 Å². The first-order chi connectivity index (χ1) is 9.51. The highest BCUT2D eigenvalue weighted by atomic mass is 16.3. The smallest absolute Gasteiger partial charge is 0.273 e. The molecule has 20 heavy (non-hydrogen) atoms. The first-order valence-corrected chi connectivity index (χ1v) is 7.24. The number of nitrogens with zero attached hydrogens (tertiary/aromatic N) is 1. The van der Waals surface area contributed by atoms with Crippen molar-refractivity contribution in [1.82, 2.24) is 15.5 Å². The van der Waals surface area contributed by atoms with Gasteiger partial charge in [-0.1, -0.05) is 27.2 Å². The van der Waals surface area contributed by atoms with Crippen molar-refractivity contribution in [2.75, 3.05) is 18.9 Å². The number of rotatable bonds is 8. The Morgan fingerprint density at radius 2 is 2.15 bits per heavy atom. The second-order valence-electron chi connectivity index (χ2n) is 5.43. The quantitative estimate of drug-likeness (QED) is 0.582. The average Bonchev–Trinajstić information content (AvgIpc) is 2.78. The number of amides is 1. The van der Waals surface area contributed by atoms with E-state index in [9.17, 15) is 4.79 Å². The molecule has 0 radical (unpaired) electrons. The molecule has 0 aliphatic heterocycles. The fourth-order valence-corrected chi connectivity index (χ4v) is 2.24. The molecule has 1 heterocycles. The van der Waals surface area contributed by atoms with Crippen molar-refractivity contribution < 1.29 is 9.90 Å². The highest BCUT2D eigenvalue weighted by molar-refractivity contribution is 5.97. The van der Waals surface area contributed by atoms with Gasteiger partial charge in [0.1, 0.15) is 0 Å². The van der Waals surface area contributed by atoms with Gasteiger partial charge in [-0.2, -0.15) is 5.10 Å². The van der Waals surface area contributed by atoms with E-state index in [1.54, 1.807) is 0 Å². The van der Waals surface area contributed by atoms with Gasteiger partial charge in [-0.05, 0) is 24.7 Å². The number of aliphatic hydroxyl groups is 1. The summed E-state index contributed by atoms with van der Waals surface area (Å²) in [4.78, 5) is 12.1. The zero-order valence-corrected chi connectivity index (χ0v) is 12.6. The zero-order valence-electron chi connectivity index (χ0n) is 12.6. The van der Waals surface area contributed by atoms with Gasteiger partial charge >= 0.3 is 0 Å². The summed E-state index contributed by atoms with van der Waals surface area (Å²) in [5.41, 5.74) is 7.40. The van der Waals surface area contributed by atoms with Crippen LogP contribution in [0.5, 0.6) is 0 Å². The molecule has 1 amide bonds. The van der Waals surface area contributed by atoms with Gasteiger partial charge in [-0.25, -0.2) is 0 Å². The first kappa shape index (κ1) is 16.5. The molecule has 6 heteroatoms. The van der Waals surface area contributed by atoms with Gasteiger partial charge in [0.15, 0.2) is 5.69 Å². The molecule has 0 fully saturated rings. The van der Waals surface area contributed by atoms with E-state index in [-0.39, 0.29) is 24.1 Å². The third-order valence-corrected chi connectivity index (χ3v) is 3.41. The van der Waals surface area contributed by atoms with Crippen LogP contribution in [0, 0.1) is 5.92 Å². The number of nitrogen functional groups attached to an aromatic ring is 1. The maximum absolute atomic E-state index is 12.1. The zero-order chi connectivity index (χ0) is 15.1. The maximum Gasteiger partial charge on any atom is 0.273 e. The highest BCUT2D eigenvalue weighted by Crippen LogP contribution is 2.22. The third-order valence-electron chi connectivity index (χ3n) is 3.41. The summed E-state index contributed by atoms with van der Waals surface area (Å²) >= 11 is 0. The van der Waals surface area contributed by atoms with Crippen molar-refractivity contribution in [2.45, 2.75) is 46.0 Å². The number of carbonyl (C=O) groups excluding carboxylic acids is 1. The molecule has 0 spiro atoms. The number of hydrogen-bond acceptors (Lipinski definition) is 4. The van der Waals surface area contributed by atoms with Crippen LogP contribution in [0.25, 0.3) is 0 Å². The lowest BCUT2D eigenvalue weighted by atomic mass is 10.0. The molecule has 1 atom stereocenters. The number of carbonyl (C=O) groups is 1. The predicted octanol–water partition coefficient (Wildman–Crippen LogP) is 1.64. The topological polar surface area (TPSA) is 104 Å². The van der Waals surface area contributed by atoms with E-state index in [2.05, 4.69) is 22.4 Å². The molecule has 5 N–H and O–H groups in total. The van der Waals surface area contributed by atoms with E-state index in [0.717, 1.165) is 18.5 Å². The molecule has 1 aromatic heterocycles. The second kappa shape index (κ2) is 7.89. The van der Waals surface area contributed by atoms with Gasteiger partial charge in [0.05, 0.1) is 11.4 Å². The lowest BCUT2D eigenvalue weighted by Gasteiger charge is -2.15. The molecule has 0 saturated heterocycles. The standard InChI is InChI=1S/C14H26N4O2/c1-4-5-10(6-7-19)8-16-14(20)13-11(15)12(9(2)3)17-18-13/h9-10,19H,4-8,15H2,1-3H3,(H,16,20)(H,17,18). The minimum atomic E-state index is -0.260. The highest BCUT2D eigenvalue weighted by Gasteiger charge is 2.19. The molecular formula is C14H26N4O2. The molecule has 0 aliphatic rings. The molecule has 0 aliphatic carbocycles. The van der Waals surface area contributed by atoms with Crippen molar-refractivity contribution in [2.24, 2.45) is 5.92 Å². The first-order valence-electron chi connectivity index (χ1n) is 7.24. The number of aromatic amines is 1. The summed E-state index contributed by atoms with van der Waals surface area (Å²) in [5, 5.41) is 18.7. The monoisotopic (exact) mass is 282 g/mol. The summed E-state index contributed by atoms with van der Waals surface area (Å²) in [7, 11) is 0. The van der Waals surface area contributed by atoms with Gasteiger partial charge in [0.2, 0.25) is 0 Å². The number of anilines is 1. The Morgan fingerprint density at radius 1 is 1.45 bits per heavy atom. The fourth-order valence-electron chi connectivity index (χ4n) is 2.24.